The van der Waals surface area contributed by atoms with E-state index in [0.717, 1.165) is 18.5 Å². The summed E-state index contributed by atoms with van der Waals surface area (Å²) in [5.74, 6) is 0.236. The number of carbonyl (C=O) groups excluding carboxylic acids is 1. The first-order valence-electron chi connectivity index (χ1n) is 5.53. The van der Waals surface area contributed by atoms with Crippen LogP contribution in [0.3, 0.4) is 0 Å². The summed E-state index contributed by atoms with van der Waals surface area (Å²) in [6.45, 7) is 2.23. The van der Waals surface area contributed by atoms with Crippen molar-refractivity contribution in [1.82, 2.24) is 15.1 Å². The SMILES string of the molecule is Cc1cc(C(=O)N(C)CC(O)C2CC2)n[nH]1. The summed E-state index contributed by atoms with van der Waals surface area (Å²) in [7, 11) is 1.69. The Balaban J connectivity index is 1.93. The van der Waals surface area contributed by atoms with E-state index in [1.165, 1.54) is 4.90 Å². The summed E-state index contributed by atoms with van der Waals surface area (Å²) >= 11 is 0. The molecule has 1 saturated carbocycles. The van der Waals surface area contributed by atoms with Crippen LogP contribution in [0.25, 0.3) is 0 Å². The minimum Gasteiger partial charge on any atom is -0.391 e. The molecule has 1 fully saturated rings. The fraction of sp³-hybridized carbons (Fsp3) is 0.636. The van der Waals surface area contributed by atoms with Gasteiger partial charge in [0, 0.05) is 19.3 Å². The van der Waals surface area contributed by atoms with Crippen molar-refractivity contribution in [1.29, 1.82) is 0 Å². The molecule has 0 bridgehead atoms. The van der Waals surface area contributed by atoms with E-state index in [2.05, 4.69) is 10.2 Å². The lowest BCUT2D eigenvalue weighted by Crippen LogP contribution is -2.35. The van der Waals surface area contributed by atoms with Crippen LogP contribution >= 0.6 is 0 Å². The third kappa shape index (κ3) is 2.41. The number of likely N-dealkylation sites (N-methyl/N-ethyl adjacent to an activating group) is 1. The molecule has 0 radical (unpaired) electrons. The largest absolute Gasteiger partial charge is 0.391 e. The maximum absolute atomic E-state index is 11.9. The molecule has 1 amide bonds. The molecular weight excluding hydrogens is 206 g/mol. The van der Waals surface area contributed by atoms with Gasteiger partial charge in [-0.1, -0.05) is 0 Å². The lowest BCUT2D eigenvalue weighted by atomic mass is 10.2. The molecule has 0 saturated heterocycles. The molecule has 1 aromatic heterocycles. The summed E-state index contributed by atoms with van der Waals surface area (Å²) < 4.78 is 0. The molecule has 1 unspecified atom stereocenters. The Morgan fingerprint density at radius 1 is 1.75 bits per heavy atom. The fourth-order valence-corrected chi connectivity index (χ4v) is 1.72. The van der Waals surface area contributed by atoms with Gasteiger partial charge in [0.2, 0.25) is 0 Å². The third-order valence-corrected chi connectivity index (χ3v) is 2.90. The Bertz CT molecular complexity index is 384. The topological polar surface area (TPSA) is 69.2 Å². The molecule has 16 heavy (non-hydrogen) atoms. The molecule has 5 nitrogen and oxygen atoms in total. The predicted octanol–water partition coefficient (Wildman–Crippen LogP) is 0.561. The van der Waals surface area contributed by atoms with E-state index in [-0.39, 0.29) is 5.91 Å². The van der Waals surface area contributed by atoms with Crippen molar-refractivity contribution in [3.8, 4) is 0 Å². The number of aromatic nitrogens is 2. The monoisotopic (exact) mass is 223 g/mol. The molecule has 1 atom stereocenters. The summed E-state index contributed by atoms with van der Waals surface area (Å²) in [6.07, 6.45) is 1.75. The van der Waals surface area contributed by atoms with Crippen molar-refractivity contribution in [2.45, 2.75) is 25.9 Å². The van der Waals surface area contributed by atoms with Gasteiger partial charge in [-0.2, -0.15) is 5.10 Å². The van der Waals surface area contributed by atoms with Gasteiger partial charge >= 0.3 is 0 Å². The number of H-pyrrole nitrogens is 1. The second-order valence-electron chi connectivity index (χ2n) is 4.53. The fourth-order valence-electron chi connectivity index (χ4n) is 1.72. The summed E-state index contributed by atoms with van der Waals surface area (Å²) in [5, 5.41) is 16.4. The highest BCUT2D eigenvalue weighted by Gasteiger charge is 2.31. The van der Waals surface area contributed by atoms with E-state index in [9.17, 15) is 9.90 Å². The number of rotatable bonds is 4. The average molecular weight is 223 g/mol. The Morgan fingerprint density at radius 3 is 2.94 bits per heavy atom. The first-order chi connectivity index (χ1) is 7.58. The summed E-state index contributed by atoms with van der Waals surface area (Å²) in [4.78, 5) is 13.4. The van der Waals surface area contributed by atoms with E-state index in [0.29, 0.717) is 18.2 Å². The molecule has 0 aromatic carbocycles. The van der Waals surface area contributed by atoms with Crippen LogP contribution < -0.4 is 0 Å². The maximum Gasteiger partial charge on any atom is 0.274 e. The van der Waals surface area contributed by atoms with Crippen LogP contribution in [0.2, 0.25) is 0 Å². The minimum atomic E-state index is -0.394. The van der Waals surface area contributed by atoms with E-state index in [4.69, 9.17) is 0 Å². The number of aryl methyl sites for hydroxylation is 1. The molecule has 1 aliphatic rings. The third-order valence-electron chi connectivity index (χ3n) is 2.90. The number of nitrogens with one attached hydrogen (secondary N) is 1. The molecule has 0 spiro atoms. The summed E-state index contributed by atoms with van der Waals surface area (Å²) in [6, 6.07) is 1.71. The zero-order chi connectivity index (χ0) is 11.7. The molecule has 1 aliphatic carbocycles. The Hall–Kier alpha value is -1.36. The predicted molar refractivity (Wildman–Crippen MR) is 59.0 cm³/mol. The number of nitrogens with zero attached hydrogens (tertiary/aromatic N) is 2. The van der Waals surface area contributed by atoms with Crippen LogP contribution in [0.1, 0.15) is 29.0 Å². The summed E-state index contributed by atoms with van der Waals surface area (Å²) in [5.41, 5.74) is 1.27. The second-order valence-corrected chi connectivity index (χ2v) is 4.53. The highest BCUT2D eigenvalue weighted by molar-refractivity contribution is 5.92. The quantitative estimate of drug-likeness (QED) is 0.783. The highest BCUT2D eigenvalue weighted by atomic mass is 16.3. The van der Waals surface area contributed by atoms with Crippen molar-refractivity contribution in [2.24, 2.45) is 5.92 Å². The highest BCUT2D eigenvalue weighted by Crippen LogP contribution is 2.32. The number of aliphatic hydroxyl groups excluding tert-OH is 1. The normalized spacial score (nSPS) is 17.2. The average Bonchev–Trinajstić information content (AvgIpc) is 3.00. The standard InChI is InChI=1S/C11H17N3O2/c1-7-5-9(13-12-7)11(16)14(2)6-10(15)8-3-4-8/h5,8,10,15H,3-4,6H2,1-2H3,(H,12,13). The minimum absolute atomic E-state index is 0.149. The number of aliphatic hydroxyl groups is 1. The van der Waals surface area contributed by atoms with Crippen LogP contribution in [0.5, 0.6) is 0 Å². The lowest BCUT2D eigenvalue weighted by molar-refractivity contribution is 0.0640. The van der Waals surface area contributed by atoms with Gasteiger partial charge < -0.3 is 10.0 Å². The first-order valence-corrected chi connectivity index (χ1v) is 5.53. The van der Waals surface area contributed by atoms with Gasteiger partial charge in [0.1, 0.15) is 5.69 Å². The lowest BCUT2D eigenvalue weighted by Gasteiger charge is -2.19. The van der Waals surface area contributed by atoms with E-state index in [1.54, 1.807) is 13.1 Å². The van der Waals surface area contributed by atoms with E-state index >= 15 is 0 Å². The molecule has 2 N–H and O–H groups in total. The second kappa shape index (κ2) is 4.25. The van der Waals surface area contributed by atoms with Crippen molar-refractivity contribution in [3.63, 3.8) is 0 Å². The molecule has 2 rings (SSSR count). The van der Waals surface area contributed by atoms with Gasteiger partial charge in [-0.25, -0.2) is 0 Å². The smallest absolute Gasteiger partial charge is 0.274 e. The van der Waals surface area contributed by atoms with Crippen LogP contribution in [0, 0.1) is 12.8 Å². The molecule has 88 valence electrons. The number of carbonyl (C=O) groups is 1. The van der Waals surface area contributed by atoms with Gasteiger partial charge in [0.05, 0.1) is 6.10 Å². The van der Waals surface area contributed by atoms with Crippen LogP contribution in [-0.4, -0.2) is 45.8 Å². The molecule has 1 heterocycles. The zero-order valence-corrected chi connectivity index (χ0v) is 9.60. The number of hydrogen-bond donors (Lipinski definition) is 2. The number of hydrogen-bond acceptors (Lipinski definition) is 3. The van der Waals surface area contributed by atoms with E-state index in [1.807, 2.05) is 6.92 Å². The van der Waals surface area contributed by atoms with Gasteiger partial charge in [0.15, 0.2) is 0 Å². The number of amides is 1. The Morgan fingerprint density at radius 2 is 2.44 bits per heavy atom. The Kier molecular flexibility index (Phi) is 2.96. The first kappa shape index (κ1) is 11.1. The van der Waals surface area contributed by atoms with Gasteiger partial charge in [0.25, 0.3) is 5.91 Å². The Labute approximate surface area is 94.5 Å². The van der Waals surface area contributed by atoms with Gasteiger partial charge in [-0.15, -0.1) is 0 Å². The molecule has 1 aromatic rings. The van der Waals surface area contributed by atoms with Crippen molar-refractivity contribution in [2.75, 3.05) is 13.6 Å². The van der Waals surface area contributed by atoms with Crippen molar-refractivity contribution in [3.05, 3.63) is 17.5 Å². The number of aromatic amines is 1. The van der Waals surface area contributed by atoms with Crippen molar-refractivity contribution < 1.29 is 9.90 Å². The van der Waals surface area contributed by atoms with E-state index < -0.39 is 6.10 Å². The van der Waals surface area contributed by atoms with Crippen LogP contribution in [0.15, 0.2) is 6.07 Å². The molecule has 5 heteroatoms. The van der Waals surface area contributed by atoms with Gasteiger partial charge in [-0.3, -0.25) is 9.89 Å². The molecular formula is C11H17N3O2. The molecule has 0 aliphatic heterocycles. The van der Waals surface area contributed by atoms with Crippen LogP contribution in [0.4, 0.5) is 0 Å². The van der Waals surface area contributed by atoms with Crippen molar-refractivity contribution >= 4 is 5.91 Å². The maximum atomic E-state index is 11.9. The van der Waals surface area contributed by atoms with Gasteiger partial charge in [-0.05, 0) is 31.7 Å². The zero-order valence-electron chi connectivity index (χ0n) is 9.60. The van der Waals surface area contributed by atoms with Crippen LogP contribution in [-0.2, 0) is 0 Å².